The van der Waals surface area contributed by atoms with Gasteiger partial charge in [-0.25, -0.2) is 4.79 Å². The van der Waals surface area contributed by atoms with E-state index >= 15 is 0 Å². The number of amides is 1. The molecule has 1 aliphatic carbocycles. The minimum atomic E-state index is -0.398. The molecule has 28 heavy (non-hydrogen) atoms. The summed E-state index contributed by atoms with van der Waals surface area (Å²) in [4.78, 5) is 12.4. The van der Waals surface area contributed by atoms with Crippen LogP contribution in [0.4, 0.5) is 4.79 Å². The van der Waals surface area contributed by atoms with E-state index in [4.69, 9.17) is 9.47 Å². The normalized spacial score (nSPS) is 17.6. The van der Waals surface area contributed by atoms with Crippen LogP contribution >= 0.6 is 0 Å². The van der Waals surface area contributed by atoms with Gasteiger partial charge in [-0.1, -0.05) is 48.5 Å². The Labute approximate surface area is 165 Å². The molecule has 1 amide bonds. The Morgan fingerprint density at radius 3 is 2.29 bits per heavy atom. The summed E-state index contributed by atoms with van der Waals surface area (Å²) in [7, 11) is 0. The molecule has 0 spiro atoms. The second-order valence-corrected chi connectivity index (χ2v) is 7.77. The number of hydrogen-bond donors (Lipinski definition) is 2. The van der Waals surface area contributed by atoms with E-state index in [-0.39, 0.29) is 17.9 Å². The first kappa shape index (κ1) is 19.0. The number of carbonyl (C=O) groups is 1. The molecular weight excluding hydrogens is 354 g/mol. The Kier molecular flexibility index (Phi) is 5.64. The zero-order valence-corrected chi connectivity index (χ0v) is 16.0. The van der Waals surface area contributed by atoms with Crippen LogP contribution in [-0.2, 0) is 9.47 Å². The van der Waals surface area contributed by atoms with Gasteiger partial charge in [0.05, 0.1) is 0 Å². The molecule has 0 aromatic heterocycles. The summed E-state index contributed by atoms with van der Waals surface area (Å²) in [6, 6.07) is 16.6. The number of hydrogen-bond acceptors (Lipinski definition) is 4. The number of carbonyl (C=O) groups excluding carboxylic acids is 1. The molecule has 5 nitrogen and oxygen atoms in total. The molecule has 4 rings (SSSR count). The van der Waals surface area contributed by atoms with Crippen molar-refractivity contribution < 1.29 is 19.4 Å². The van der Waals surface area contributed by atoms with E-state index in [2.05, 4.69) is 29.6 Å². The number of nitrogens with one attached hydrogen (secondary N) is 1. The van der Waals surface area contributed by atoms with E-state index in [1.165, 1.54) is 22.3 Å². The van der Waals surface area contributed by atoms with Crippen molar-refractivity contribution in [3.8, 4) is 11.1 Å². The highest BCUT2D eigenvalue weighted by molar-refractivity contribution is 5.79. The molecule has 2 N–H and O–H groups in total. The van der Waals surface area contributed by atoms with Gasteiger partial charge in [-0.3, -0.25) is 0 Å². The summed E-state index contributed by atoms with van der Waals surface area (Å²) in [6.45, 7) is 2.29. The molecule has 5 heteroatoms. The van der Waals surface area contributed by atoms with Crippen molar-refractivity contribution in [1.29, 1.82) is 0 Å². The zero-order valence-electron chi connectivity index (χ0n) is 16.0. The number of aliphatic hydroxyl groups is 1. The average molecular weight is 381 g/mol. The molecule has 0 saturated carbocycles. The van der Waals surface area contributed by atoms with E-state index in [0.29, 0.717) is 32.8 Å². The van der Waals surface area contributed by atoms with Gasteiger partial charge in [0, 0.05) is 32.3 Å². The fourth-order valence-electron chi connectivity index (χ4n) is 4.47. The lowest BCUT2D eigenvalue weighted by Gasteiger charge is -2.36. The fourth-order valence-corrected chi connectivity index (χ4v) is 4.47. The molecule has 1 heterocycles. The largest absolute Gasteiger partial charge is 0.449 e. The Morgan fingerprint density at radius 1 is 1.07 bits per heavy atom. The third-order valence-electron chi connectivity index (χ3n) is 6.15. The van der Waals surface area contributed by atoms with Gasteiger partial charge >= 0.3 is 6.09 Å². The van der Waals surface area contributed by atoms with Crippen molar-refractivity contribution in [1.82, 2.24) is 5.32 Å². The molecule has 1 saturated heterocycles. The van der Waals surface area contributed by atoms with Crippen LogP contribution in [0.5, 0.6) is 0 Å². The lowest BCUT2D eigenvalue weighted by molar-refractivity contribution is 0.00229. The van der Waals surface area contributed by atoms with E-state index in [0.717, 1.165) is 12.8 Å². The van der Waals surface area contributed by atoms with Crippen LogP contribution in [0.2, 0.25) is 0 Å². The minimum Gasteiger partial charge on any atom is -0.449 e. The summed E-state index contributed by atoms with van der Waals surface area (Å²) in [6.07, 6.45) is 1.96. The molecule has 148 valence electrons. The number of benzene rings is 2. The number of fused-ring (bicyclic) bond motifs is 3. The first-order chi connectivity index (χ1) is 13.7. The van der Waals surface area contributed by atoms with E-state index < -0.39 is 6.09 Å². The predicted molar refractivity (Wildman–Crippen MR) is 107 cm³/mol. The molecular formula is C23H27NO4. The number of alkyl carbamates (subject to hydrolysis) is 1. The van der Waals surface area contributed by atoms with Crippen LogP contribution in [0, 0.1) is 5.41 Å². The fraction of sp³-hybridized carbons (Fsp3) is 0.435. The second kappa shape index (κ2) is 8.33. The lowest BCUT2D eigenvalue weighted by atomic mass is 9.77. The highest BCUT2D eigenvalue weighted by Crippen LogP contribution is 2.44. The summed E-state index contributed by atoms with van der Waals surface area (Å²) in [5, 5.41) is 12.3. The smallest absolute Gasteiger partial charge is 0.407 e. The third kappa shape index (κ3) is 3.77. The Bertz CT molecular complexity index is 778. The van der Waals surface area contributed by atoms with Gasteiger partial charge in [-0.05, 0) is 46.9 Å². The molecule has 0 bridgehead atoms. The summed E-state index contributed by atoms with van der Waals surface area (Å²) >= 11 is 0. The van der Waals surface area contributed by atoms with Gasteiger partial charge in [0.2, 0.25) is 0 Å². The van der Waals surface area contributed by atoms with Crippen LogP contribution in [0.3, 0.4) is 0 Å². The van der Waals surface area contributed by atoms with Gasteiger partial charge in [-0.2, -0.15) is 0 Å². The van der Waals surface area contributed by atoms with E-state index in [9.17, 15) is 9.90 Å². The first-order valence-corrected chi connectivity index (χ1v) is 10.00. The summed E-state index contributed by atoms with van der Waals surface area (Å²) < 4.78 is 11.0. The van der Waals surface area contributed by atoms with Gasteiger partial charge in [-0.15, -0.1) is 0 Å². The van der Waals surface area contributed by atoms with Gasteiger partial charge in [0.15, 0.2) is 0 Å². The maximum Gasteiger partial charge on any atom is 0.407 e. The van der Waals surface area contributed by atoms with Crippen molar-refractivity contribution in [2.45, 2.75) is 25.2 Å². The SMILES string of the molecule is O=C(NCC1(CCO)CCOCC1)OCC1c2ccccc2-c2ccccc21. The predicted octanol–water partition coefficient (Wildman–Crippen LogP) is 3.70. The van der Waals surface area contributed by atoms with Crippen molar-refractivity contribution in [3.05, 3.63) is 59.7 Å². The van der Waals surface area contributed by atoms with Gasteiger partial charge in [0.25, 0.3) is 0 Å². The lowest BCUT2D eigenvalue weighted by Crippen LogP contribution is -2.42. The Morgan fingerprint density at radius 2 is 1.68 bits per heavy atom. The van der Waals surface area contributed by atoms with Crippen molar-refractivity contribution in [2.24, 2.45) is 5.41 Å². The molecule has 2 aromatic rings. The monoisotopic (exact) mass is 381 g/mol. The standard InChI is InChI=1S/C23H27NO4/c25-12-9-23(10-13-27-14-11-23)16-24-22(26)28-15-21-19-7-3-1-5-17(19)18-6-2-4-8-20(18)21/h1-8,21,25H,9-16H2,(H,24,26). The topological polar surface area (TPSA) is 67.8 Å². The molecule has 2 aromatic carbocycles. The zero-order chi connectivity index (χ0) is 19.4. The van der Waals surface area contributed by atoms with Crippen molar-refractivity contribution >= 4 is 6.09 Å². The number of aliphatic hydroxyl groups excluding tert-OH is 1. The van der Waals surface area contributed by atoms with Gasteiger partial charge < -0.3 is 19.9 Å². The molecule has 0 atom stereocenters. The molecule has 0 unspecified atom stereocenters. The van der Waals surface area contributed by atoms with E-state index in [1.807, 2.05) is 24.3 Å². The molecule has 1 aliphatic heterocycles. The molecule has 2 aliphatic rings. The summed E-state index contributed by atoms with van der Waals surface area (Å²) in [5.74, 6) is 0.0626. The Balaban J connectivity index is 1.39. The first-order valence-electron chi connectivity index (χ1n) is 10.00. The molecule has 0 radical (unpaired) electrons. The minimum absolute atomic E-state index is 0.0626. The summed E-state index contributed by atoms with van der Waals surface area (Å²) in [5.41, 5.74) is 4.75. The maximum absolute atomic E-state index is 12.4. The maximum atomic E-state index is 12.4. The molecule has 1 fully saturated rings. The highest BCUT2D eigenvalue weighted by atomic mass is 16.5. The van der Waals surface area contributed by atoms with Crippen LogP contribution in [0.15, 0.2) is 48.5 Å². The van der Waals surface area contributed by atoms with Crippen molar-refractivity contribution in [2.75, 3.05) is 33.0 Å². The van der Waals surface area contributed by atoms with Crippen molar-refractivity contribution in [3.63, 3.8) is 0 Å². The van der Waals surface area contributed by atoms with Crippen LogP contribution in [0.25, 0.3) is 11.1 Å². The van der Waals surface area contributed by atoms with Crippen LogP contribution in [0.1, 0.15) is 36.3 Å². The average Bonchev–Trinajstić information content (AvgIpc) is 3.06. The highest BCUT2D eigenvalue weighted by Gasteiger charge is 2.33. The quantitative estimate of drug-likeness (QED) is 0.801. The van der Waals surface area contributed by atoms with Crippen LogP contribution < -0.4 is 5.32 Å². The second-order valence-electron chi connectivity index (χ2n) is 7.77. The van der Waals surface area contributed by atoms with Gasteiger partial charge in [0.1, 0.15) is 6.61 Å². The Hall–Kier alpha value is -2.37. The third-order valence-corrected chi connectivity index (χ3v) is 6.15. The van der Waals surface area contributed by atoms with E-state index in [1.54, 1.807) is 0 Å². The number of ether oxygens (including phenoxy) is 2. The number of rotatable bonds is 6. The van der Waals surface area contributed by atoms with Crippen LogP contribution in [-0.4, -0.2) is 44.2 Å².